The molecule has 1 fully saturated rings. The normalized spacial score (nSPS) is 19.2. The summed E-state index contributed by atoms with van der Waals surface area (Å²) in [5, 5.41) is 0. The number of rotatable bonds is 3. The predicted octanol–water partition coefficient (Wildman–Crippen LogP) is 2.61. The fourth-order valence-corrected chi connectivity index (χ4v) is 2.23. The van der Waals surface area contributed by atoms with Crippen molar-refractivity contribution in [3.05, 3.63) is 34.9 Å². The van der Waals surface area contributed by atoms with E-state index in [1.807, 2.05) is 39.0 Å². The van der Waals surface area contributed by atoms with E-state index >= 15 is 0 Å². The van der Waals surface area contributed by atoms with Crippen LogP contribution in [0, 0.1) is 19.8 Å². The van der Waals surface area contributed by atoms with Crippen LogP contribution in [0.1, 0.15) is 41.3 Å². The molecule has 1 unspecified atom stereocenters. The van der Waals surface area contributed by atoms with E-state index in [1.165, 1.54) is 5.56 Å². The van der Waals surface area contributed by atoms with Crippen LogP contribution >= 0.6 is 0 Å². The highest BCUT2D eigenvalue weighted by molar-refractivity contribution is 6.04. The predicted molar refractivity (Wildman–Crippen MR) is 65.6 cm³/mol. The van der Waals surface area contributed by atoms with Gasteiger partial charge in [0, 0.05) is 5.56 Å². The lowest BCUT2D eigenvalue weighted by Crippen LogP contribution is -2.47. The van der Waals surface area contributed by atoms with Crippen molar-refractivity contribution >= 4 is 5.78 Å². The first kappa shape index (κ1) is 11.3. The van der Waals surface area contributed by atoms with Crippen molar-refractivity contribution in [1.82, 2.24) is 0 Å². The molecule has 0 bridgehead atoms. The van der Waals surface area contributed by atoms with Gasteiger partial charge in [0.25, 0.3) is 0 Å². The zero-order valence-corrected chi connectivity index (χ0v) is 10.2. The molecule has 1 atom stereocenters. The summed E-state index contributed by atoms with van der Waals surface area (Å²) < 4.78 is 0. The number of aryl methyl sites for hydroxylation is 2. The van der Waals surface area contributed by atoms with Gasteiger partial charge in [0.2, 0.25) is 0 Å². The van der Waals surface area contributed by atoms with E-state index in [1.54, 1.807) is 0 Å². The third-order valence-electron chi connectivity index (χ3n) is 3.54. The topological polar surface area (TPSA) is 43.1 Å². The molecule has 1 aromatic carbocycles. The van der Waals surface area contributed by atoms with Crippen LogP contribution in [-0.4, -0.2) is 11.3 Å². The maximum Gasteiger partial charge on any atom is 0.182 e. The number of nitrogens with two attached hydrogens (primary N) is 1. The first-order chi connectivity index (χ1) is 7.43. The Labute approximate surface area is 96.8 Å². The molecule has 16 heavy (non-hydrogen) atoms. The minimum atomic E-state index is -0.681. The summed E-state index contributed by atoms with van der Waals surface area (Å²) in [6.07, 6.45) is 2.17. The molecule has 2 N–H and O–H groups in total. The molecular formula is C14H19NO. The smallest absolute Gasteiger partial charge is 0.182 e. The van der Waals surface area contributed by atoms with Gasteiger partial charge in [0.15, 0.2) is 5.78 Å². The molecule has 0 radical (unpaired) electrons. The number of Topliss-reactive ketones (excluding diaryl/α,β-unsaturated/α-hetero) is 1. The molecule has 1 aromatic rings. The van der Waals surface area contributed by atoms with Crippen molar-refractivity contribution in [2.45, 2.75) is 39.2 Å². The van der Waals surface area contributed by atoms with Gasteiger partial charge in [-0.05, 0) is 45.1 Å². The quantitative estimate of drug-likeness (QED) is 0.791. The Kier molecular flexibility index (Phi) is 2.62. The maximum absolute atomic E-state index is 12.4. The zero-order chi connectivity index (χ0) is 11.9. The van der Waals surface area contributed by atoms with Gasteiger partial charge >= 0.3 is 0 Å². The monoisotopic (exact) mass is 217 g/mol. The van der Waals surface area contributed by atoms with Crippen LogP contribution in [0.2, 0.25) is 0 Å². The standard InChI is InChI=1S/C14H19NO/c1-9-4-7-12(10(2)8-9)13(16)14(3,15)11-5-6-11/h4,7-8,11H,5-6,15H2,1-3H3. The fraction of sp³-hybridized carbons (Fsp3) is 0.500. The van der Waals surface area contributed by atoms with Crippen molar-refractivity contribution in [2.75, 3.05) is 0 Å². The van der Waals surface area contributed by atoms with Crippen LogP contribution in [0.3, 0.4) is 0 Å². The highest BCUT2D eigenvalue weighted by atomic mass is 16.1. The minimum absolute atomic E-state index is 0.0903. The van der Waals surface area contributed by atoms with E-state index in [4.69, 9.17) is 5.73 Å². The van der Waals surface area contributed by atoms with Crippen molar-refractivity contribution in [1.29, 1.82) is 0 Å². The van der Waals surface area contributed by atoms with Gasteiger partial charge in [-0.3, -0.25) is 4.79 Å². The third kappa shape index (κ3) is 1.90. The third-order valence-corrected chi connectivity index (χ3v) is 3.54. The van der Waals surface area contributed by atoms with Gasteiger partial charge in [0.05, 0.1) is 5.54 Å². The SMILES string of the molecule is Cc1ccc(C(=O)C(C)(N)C2CC2)c(C)c1. The molecule has 1 aliphatic rings. The van der Waals surface area contributed by atoms with Crippen molar-refractivity contribution in [2.24, 2.45) is 11.7 Å². The van der Waals surface area contributed by atoms with Crippen LogP contribution in [0.15, 0.2) is 18.2 Å². The number of benzene rings is 1. The Bertz CT molecular complexity index is 430. The first-order valence-electron chi connectivity index (χ1n) is 5.84. The average molecular weight is 217 g/mol. The maximum atomic E-state index is 12.4. The molecule has 0 heterocycles. The summed E-state index contributed by atoms with van der Waals surface area (Å²) in [6.45, 7) is 5.87. The molecule has 0 aliphatic heterocycles. The highest BCUT2D eigenvalue weighted by Gasteiger charge is 2.44. The Balaban J connectivity index is 2.33. The lowest BCUT2D eigenvalue weighted by molar-refractivity contribution is 0.0882. The minimum Gasteiger partial charge on any atom is -0.319 e. The molecule has 2 rings (SSSR count). The van der Waals surface area contributed by atoms with Crippen LogP contribution < -0.4 is 5.73 Å². The van der Waals surface area contributed by atoms with Crippen LogP contribution in [0.4, 0.5) is 0 Å². The molecule has 1 aliphatic carbocycles. The number of ketones is 1. The van der Waals surface area contributed by atoms with Gasteiger partial charge < -0.3 is 5.73 Å². The van der Waals surface area contributed by atoms with Gasteiger partial charge in [0.1, 0.15) is 0 Å². The molecule has 0 spiro atoms. The molecule has 0 saturated heterocycles. The summed E-state index contributed by atoms with van der Waals surface area (Å²) in [7, 11) is 0. The Hall–Kier alpha value is -1.15. The van der Waals surface area contributed by atoms with Crippen molar-refractivity contribution < 1.29 is 4.79 Å². The summed E-state index contributed by atoms with van der Waals surface area (Å²) >= 11 is 0. The van der Waals surface area contributed by atoms with E-state index in [0.29, 0.717) is 5.92 Å². The molecule has 0 amide bonds. The zero-order valence-electron chi connectivity index (χ0n) is 10.2. The van der Waals surface area contributed by atoms with Crippen molar-refractivity contribution in [3.8, 4) is 0 Å². The largest absolute Gasteiger partial charge is 0.319 e. The van der Waals surface area contributed by atoms with Crippen LogP contribution in [0.25, 0.3) is 0 Å². The van der Waals surface area contributed by atoms with E-state index in [2.05, 4.69) is 0 Å². The molecule has 0 aromatic heterocycles. The summed E-state index contributed by atoms with van der Waals surface area (Å²) in [5.74, 6) is 0.466. The average Bonchev–Trinajstić information content (AvgIpc) is 2.99. The number of hydrogen-bond donors (Lipinski definition) is 1. The Morgan fingerprint density at radius 3 is 2.50 bits per heavy atom. The van der Waals surface area contributed by atoms with Crippen LogP contribution in [0.5, 0.6) is 0 Å². The Morgan fingerprint density at radius 1 is 1.38 bits per heavy atom. The summed E-state index contributed by atoms with van der Waals surface area (Å²) in [6, 6.07) is 5.92. The van der Waals surface area contributed by atoms with Gasteiger partial charge in [-0.15, -0.1) is 0 Å². The fourth-order valence-electron chi connectivity index (χ4n) is 2.23. The van der Waals surface area contributed by atoms with Gasteiger partial charge in [-0.2, -0.15) is 0 Å². The Morgan fingerprint density at radius 2 is 2.00 bits per heavy atom. The summed E-state index contributed by atoms with van der Waals surface area (Å²) in [5.41, 5.74) is 8.46. The van der Waals surface area contributed by atoms with Gasteiger partial charge in [-0.1, -0.05) is 23.8 Å². The van der Waals surface area contributed by atoms with Crippen molar-refractivity contribution in [3.63, 3.8) is 0 Å². The molecule has 1 saturated carbocycles. The summed E-state index contributed by atoms with van der Waals surface area (Å²) in [4.78, 5) is 12.4. The van der Waals surface area contributed by atoms with Crippen LogP contribution in [-0.2, 0) is 0 Å². The second-order valence-electron chi connectivity index (χ2n) is 5.20. The van der Waals surface area contributed by atoms with E-state index < -0.39 is 5.54 Å². The molecule has 86 valence electrons. The number of carbonyl (C=O) groups excluding carboxylic acids is 1. The lowest BCUT2D eigenvalue weighted by Gasteiger charge is -2.23. The molecule has 2 heteroatoms. The lowest BCUT2D eigenvalue weighted by atomic mass is 9.85. The molecule has 2 nitrogen and oxygen atoms in total. The molecular weight excluding hydrogens is 198 g/mol. The highest BCUT2D eigenvalue weighted by Crippen LogP contribution is 2.39. The second kappa shape index (κ2) is 3.70. The number of carbonyl (C=O) groups is 1. The number of hydrogen-bond acceptors (Lipinski definition) is 2. The van der Waals surface area contributed by atoms with E-state index in [-0.39, 0.29) is 5.78 Å². The van der Waals surface area contributed by atoms with E-state index in [0.717, 1.165) is 24.0 Å². The van der Waals surface area contributed by atoms with Gasteiger partial charge in [-0.25, -0.2) is 0 Å². The second-order valence-corrected chi connectivity index (χ2v) is 5.20. The van der Waals surface area contributed by atoms with E-state index in [9.17, 15) is 4.79 Å². The first-order valence-corrected chi connectivity index (χ1v) is 5.84.